The summed E-state index contributed by atoms with van der Waals surface area (Å²) in [5, 5.41) is 8.58. The SMILES string of the molecule is CN1CCN(c2ncc(-c3n[nH]c4cnc(Br)cc34)cc2OCCCOCc2ccccc2)CC1. The van der Waals surface area contributed by atoms with Gasteiger partial charge in [0.15, 0.2) is 11.6 Å². The lowest BCUT2D eigenvalue weighted by Gasteiger charge is -2.34. The molecule has 0 aliphatic carbocycles. The van der Waals surface area contributed by atoms with Gasteiger partial charge >= 0.3 is 0 Å². The molecule has 8 nitrogen and oxygen atoms in total. The molecule has 1 aliphatic rings. The number of nitrogens with one attached hydrogen (secondary N) is 1. The van der Waals surface area contributed by atoms with Crippen molar-refractivity contribution < 1.29 is 9.47 Å². The van der Waals surface area contributed by atoms with E-state index in [0.717, 1.165) is 70.9 Å². The Labute approximate surface area is 213 Å². The van der Waals surface area contributed by atoms with Crippen LogP contribution < -0.4 is 9.64 Å². The van der Waals surface area contributed by atoms with Crippen LogP contribution in [-0.4, -0.2) is 71.5 Å². The molecule has 1 N–H and O–H groups in total. The van der Waals surface area contributed by atoms with E-state index in [1.807, 2.05) is 30.5 Å². The first-order chi connectivity index (χ1) is 17.2. The number of halogens is 1. The van der Waals surface area contributed by atoms with E-state index in [-0.39, 0.29) is 0 Å². The molecule has 0 radical (unpaired) electrons. The molecule has 1 aliphatic heterocycles. The third kappa shape index (κ3) is 5.80. The third-order valence-electron chi connectivity index (χ3n) is 6.13. The number of aromatic amines is 1. The summed E-state index contributed by atoms with van der Waals surface area (Å²) in [5.41, 5.74) is 3.79. The number of hydrogen-bond donors (Lipinski definition) is 1. The van der Waals surface area contributed by atoms with Crippen LogP contribution in [0.25, 0.3) is 22.2 Å². The van der Waals surface area contributed by atoms with Crippen LogP contribution in [0.5, 0.6) is 5.75 Å². The summed E-state index contributed by atoms with van der Waals surface area (Å²) >= 11 is 3.46. The minimum absolute atomic E-state index is 0.553. The first-order valence-electron chi connectivity index (χ1n) is 11.9. The Bertz CT molecular complexity index is 1260. The van der Waals surface area contributed by atoms with Gasteiger partial charge in [-0.05, 0) is 40.7 Å². The Hall–Kier alpha value is -3.01. The fraction of sp³-hybridized carbons (Fsp3) is 0.346. The molecule has 0 bridgehead atoms. The van der Waals surface area contributed by atoms with Crippen LogP contribution in [0.15, 0.2) is 59.5 Å². The third-order valence-corrected chi connectivity index (χ3v) is 6.56. The van der Waals surface area contributed by atoms with Crippen LogP contribution in [0, 0.1) is 0 Å². The fourth-order valence-electron chi connectivity index (χ4n) is 4.15. The smallest absolute Gasteiger partial charge is 0.171 e. The second kappa shape index (κ2) is 11.2. The molecule has 0 unspecified atom stereocenters. The Balaban J connectivity index is 1.30. The van der Waals surface area contributed by atoms with Crippen molar-refractivity contribution in [1.29, 1.82) is 0 Å². The number of ether oxygens (including phenoxy) is 2. The van der Waals surface area contributed by atoms with Gasteiger partial charge in [-0.1, -0.05) is 30.3 Å². The molecule has 182 valence electrons. The molecule has 3 aromatic heterocycles. The van der Waals surface area contributed by atoms with Gasteiger partial charge in [0.2, 0.25) is 0 Å². The first kappa shape index (κ1) is 23.7. The average Bonchev–Trinajstić information content (AvgIpc) is 3.30. The van der Waals surface area contributed by atoms with E-state index in [4.69, 9.17) is 14.5 Å². The van der Waals surface area contributed by atoms with Crippen molar-refractivity contribution in [2.75, 3.05) is 51.3 Å². The highest BCUT2D eigenvalue weighted by atomic mass is 79.9. The zero-order chi connectivity index (χ0) is 24.0. The van der Waals surface area contributed by atoms with Gasteiger partial charge in [0.25, 0.3) is 0 Å². The molecule has 0 spiro atoms. The van der Waals surface area contributed by atoms with Gasteiger partial charge in [-0.25, -0.2) is 9.97 Å². The Morgan fingerprint density at radius 1 is 1.00 bits per heavy atom. The lowest BCUT2D eigenvalue weighted by Crippen LogP contribution is -2.45. The second-order valence-electron chi connectivity index (χ2n) is 8.70. The summed E-state index contributed by atoms with van der Waals surface area (Å²) in [6.07, 6.45) is 4.45. The van der Waals surface area contributed by atoms with Gasteiger partial charge in [-0.2, -0.15) is 5.10 Å². The van der Waals surface area contributed by atoms with Crippen LogP contribution in [0.1, 0.15) is 12.0 Å². The molecule has 0 atom stereocenters. The predicted molar refractivity (Wildman–Crippen MR) is 141 cm³/mol. The van der Waals surface area contributed by atoms with E-state index in [9.17, 15) is 0 Å². The number of aromatic nitrogens is 4. The maximum Gasteiger partial charge on any atom is 0.171 e. The minimum atomic E-state index is 0.553. The van der Waals surface area contributed by atoms with Crippen LogP contribution >= 0.6 is 15.9 Å². The molecule has 1 aromatic carbocycles. The highest BCUT2D eigenvalue weighted by molar-refractivity contribution is 9.10. The molecule has 1 fully saturated rings. The number of rotatable bonds is 9. The summed E-state index contributed by atoms with van der Waals surface area (Å²) < 4.78 is 12.9. The minimum Gasteiger partial charge on any atom is -0.490 e. The van der Waals surface area contributed by atoms with Gasteiger partial charge in [0.05, 0.1) is 31.5 Å². The van der Waals surface area contributed by atoms with Gasteiger partial charge in [0.1, 0.15) is 10.3 Å². The number of hydrogen-bond acceptors (Lipinski definition) is 7. The molecule has 0 saturated carbocycles. The quantitative estimate of drug-likeness (QED) is 0.249. The predicted octanol–water partition coefficient (Wildman–Crippen LogP) is 4.52. The molecule has 4 aromatic rings. The van der Waals surface area contributed by atoms with E-state index in [1.165, 1.54) is 5.56 Å². The lowest BCUT2D eigenvalue weighted by molar-refractivity contribution is 0.107. The number of likely N-dealkylation sites (N-methyl/N-ethyl adjacent to an activating group) is 1. The Kier molecular flexibility index (Phi) is 7.56. The van der Waals surface area contributed by atoms with Crippen molar-refractivity contribution in [3.63, 3.8) is 0 Å². The maximum atomic E-state index is 6.29. The summed E-state index contributed by atoms with van der Waals surface area (Å²) in [5.74, 6) is 1.66. The largest absolute Gasteiger partial charge is 0.490 e. The maximum absolute atomic E-state index is 6.29. The topological polar surface area (TPSA) is 79.4 Å². The normalized spacial score (nSPS) is 14.5. The highest BCUT2D eigenvalue weighted by Gasteiger charge is 2.21. The number of pyridine rings is 2. The second-order valence-corrected chi connectivity index (χ2v) is 9.51. The monoisotopic (exact) mass is 536 g/mol. The number of H-pyrrole nitrogens is 1. The van der Waals surface area contributed by atoms with Crippen molar-refractivity contribution in [1.82, 2.24) is 25.1 Å². The summed E-state index contributed by atoms with van der Waals surface area (Å²) in [6.45, 7) is 5.64. The lowest BCUT2D eigenvalue weighted by atomic mass is 10.1. The summed E-state index contributed by atoms with van der Waals surface area (Å²) in [7, 11) is 2.15. The van der Waals surface area contributed by atoms with E-state index < -0.39 is 0 Å². The van der Waals surface area contributed by atoms with Crippen LogP contribution in [0.4, 0.5) is 5.82 Å². The van der Waals surface area contributed by atoms with Gasteiger partial charge in [-0.15, -0.1) is 0 Å². The van der Waals surface area contributed by atoms with Gasteiger partial charge in [0, 0.05) is 49.7 Å². The molecule has 4 heterocycles. The molecule has 0 amide bonds. The van der Waals surface area contributed by atoms with Crippen LogP contribution in [-0.2, 0) is 11.3 Å². The standard InChI is InChI=1S/C26H29BrN6O2/c1-32-8-10-33(11-9-32)26-23(35-13-5-12-34-18-19-6-3-2-4-7-19)14-20(16-29-26)25-21-15-24(27)28-17-22(21)30-31-25/h2-4,6-7,14-17H,5,8-13,18H2,1H3,(H,30,31). The van der Waals surface area contributed by atoms with E-state index in [2.05, 4.69) is 66.2 Å². The number of benzene rings is 1. The van der Waals surface area contributed by atoms with Crippen LogP contribution in [0.2, 0.25) is 0 Å². The molecular formula is C26H29BrN6O2. The molecule has 35 heavy (non-hydrogen) atoms. The average molecular weight is 537 g/mol. The summed E-state index contributed by atoms with van der Waals surface area (Å²) in [4.78, 5) is 13.7. The zero-order valence-corrected chi connectivity index (χ0v) is 21.4. The zero-order valence-electron chi connectivity index (χ0n) is 19.8. The number of piperazine rings is 1. The van der Waals surface area contributed by atoms with Crippen LogP contribution in [0.3, 0.4) is 0 Å². The van der Waals surface area contributed by atoms with E-state index >= 15 is 0 Å². The number of nitrogens with zero attached hydrogens (tertiary/aromatic N) is 5. The fourth-order valence-corrected chi connectivity index (χ4v) is 4.48. The number of fused-ring (bicyclic) bond motifs is 1. The summed E-state index contributed by atoms with van der Waals surface area (Å²) in [6, 6.07) is 14.2. The molecule has 9 heteroatoms. The Morgan fingerprint density at radius 3 is 2.66 bits per heavy atom. The first-order valence-corrected chi connectivity index (χ1v) is 12.6. The Morgan fingerprint density at radius 2 is 1.83 bits per heavy atom. The van der Waals surface area contributed by atoms with Crippen molar-refractivity contribution in [3.05, 3.63) is 65.0 Å². The van der Waals surface area contributed by atoms with E-state index in [1.54, 1.807) is 6.20 Å². The number of anilines is 1. The van der Waals surface area contributed by atoms with Gasteiger partial charge in [-0.3, -0.25) is 5.10 Å². The van der Waals surface area contributed by atoms with Crippen molar-refractivity contribution in [2.45, 2.75) is 13.0 Å². The molecule has 5 rings (SSSR count). The molecule has 1 saturated heterocycles. The van der Waals surface area contributed by atoms with E-state index in [0.29, 0.717) is 19.8 Å². The highest BCUT2D eigenvalue weighted by Crippen LogP contribution is 2.34. The van der Waals surface area contributed by atoms with Crippen molar-refractivity contribution in [3.8, 4) is 17.0 Å². The van der Waals surface area contributed by atoms with Gasteiger partial charge < -0.3 is 19.3 Å². The van der Waals surface area contributed by atoms with Crippen molar-refractivity contribution >= 4 is 32.7 Å². The van der Waals surface area contributed by atoms with Crippen molar-refractivity contribution in [2.24, 2.45) is 0 Å². The molecular weight excluding hydrogens is 508 g/mol.